The van der Waals surface area contributed by atoms with E-state index in [1.54, 1.807) is 0 Å². The molecule has 0 radical (unpaired) electrons. The molecular weight excluding hydrogens is 540 g/mol. The van der Waals surface area contributed by atoms with E-state index in [2.05, 4.69) is 171 Å². The van der Waals surface area contributed by atoms with Crippen LogP contribution >= 0.6 is 0 Å². The fourth-order valence-electron chi connectivity index (χ4n) is 7.95. The Kier molecular flexibility index (Phi) is 5.96. The van der Waals surface area contributed by atoms with Gasteiger partial charge in [0.15, 0.2) is 0 Å². The Bertz CT molecular complexity index is 2430. The summed E-state index contributed by atoms with van der Waals surface area (Å²) in [5, 5.41) is 10.4. The quantitative estimate of drug-likeness (QED) is 0.185. The zero-order valence-electron chi connectivity index (χ0n) is 25.2. The van der Waals surface area contributed by atoms with E-state index in [1.165, 1.54) is 82.0 Å². The second kappa shape index (κ2) is 10.3. The van der Waals surface area contributed by atoms with E-state index >= 15 is 0 Å². The topological polar surface area (TPSA) is 0 Å². The summed E-state index contributed by atoms with van der Waals surface area (Å²) in [7, 11) is 0. The zero-order valence-corrected chi connectivity index (χ0v) is 25.2. The fraction of sp³-hybridized carbons (Fsp3) is 0.0667. The predicted molar refractivity (Wildman–Crippen MR) is 194 cm³/mol. The highest BCUT2D eigenvalue weighted by Crippen LogP contribution is 2.50. The number of benzene rings is 8. The minimum absolute atomic E-state index is 0.298. The minimum Gasteiger partial charge on any atom is -0.0758 e. The summed E-state index contributed by atoms with van der Waals surface area (Å²) in [5.41, 5.74) is 9.35. The van der Waals surface area contributed by atoms with Gasteiger partial charge in [0.25, 0.3) is 0 Å². The number of rotatable bonds is 3. The molecule has 45 heavy (non-hydrogen) atoms. The number of hydrogen-bond acceptors (Lipinski definition) is 0. The van der Waals surface area contributed by atoms with Crippen molar-refractivity contribution in [3.63, 3.8) is 0 Å². The van der Waals surface area contributed by atoms with Crippen LogP contribution in [0.4, 0.5) is 0 Å². The maximum Gasteiger partial charge on any atom is 0.00878 e. The Hall–Kier alpha value is -5.46. The lowest BCUT2D eigenvalue weighted by atomic mass is 9.72. The average Bonchev–Trinajstić information content (AvgIpc) is 3.11. The molecule has 0 fully saturated rings. The first-order valence-electron chi connectivity index (χ1n) is 16.0. The minimum atomic E-state index is 0.298. The number of hydrogen-bond donors (Lipinski definition) is 0. The van der Waals surface area contributed by atoms with E-state index in [-0.39, 0.29) is 0 Å². The van der Waals surface area contributed by atoms with Crippen LogP contribution in [0.25, 0.3) is 71.4 Å². The Morgan fingerprint density at radius 2 is 0.933 bits per heavy atom. The van der Waals surface area contributed by atoms with Gasteiger partial charge in [-0.2, -0.15) is 0 Å². The molecule has 0 bridgehead atoms. The van der Waals surface area contributed by atoms with Gasteiger partial charge in [-0.15, -0.1) is 0 Å². The van der Waals surface area contributed by atoms with Gasteiger partial charge in [0.1, 0.15) is 0 Å². The van der Waals surface area contributed by atoms with Crippen molar-refractivity contribution in [2.75, 3.05) is 0 Å². The first kappa shape index (κ1) is 26.0. The van der Waals surface area contributed by atoms with E-state index in [4.69, 9.17) is 0 Å². The molecule has 0 saturated heterocycles. The van der Waals surface area contributed by atoms with Gasteiger partial charge in [-0.3, -0.25) is 0 Å². The van der Waals surface area contributed by atoms with Crippen LogP contribution in [-0.4, -0.2) is 0 Å². The molecule has 2 atom stereocenters. The van der Waals surface area contributed by atoms with Gasteiger partial charge in [0.05, 0.1) is 0 Å². The molecule has 8 aromatic carbocycles. The van der Waals surface area contributed by atoms with Crippen LogP contribution in [0.5, 0.6) is 0 Å². The predicted octanol–water partition coefficient (Wildman–Crippen LogP) is 12.5. The summed E-state index contributed by atoms with van der Waals surface area (Å²) in [4.78, 5) is 0. The maximum absolute atomic E-state index is 2.50. The van der Waals surface area contributed by atoms with Crippen molar-refractivity contribution in [3.8, 4) is 22.3 Å². The van der Waals surface area contributed by atoms with Crippen LogP contribution in [0.2, 0.25) is 0 Å². The highest BCUT2D eigenvalue weighted by atomic mass is 14.3. The highest BCUT2D eigenvalue weighted by molar-refractivity contribution is 6.19. The van der Waals surface area contributed by atoms with Crippen molar-refractivity contribution in [1.29, 1.82) is 0 Å². The molecule has 0 aliphatic heterocycles. The van der Waals surface area contributed by atoms with Gasteiger partial charge in [-0.25, -0.2) is 0 Å². The van der Waals surface area contributed by atoms with Crippen LogP contribution in [0.15, 0.2) is 158 Å². The van der Waals surface area contributed by atoms with Crippen molar-refractivity contribution in [1.82, 2.24) is 0 Å². The standard InChI is InChI=1S/C45H32/c1-29-33(30-13-3-2-4-14-30)25-26-40-42(37-24-12-18-32-16-6-8-20-35(32)37)27-43-39-22-10-9-21-38(39)41(28-44(43)45(29)40)36-23-11-17-31-15-5-7-19-34(31)36/h2-29,33H,1H3. The van der Waals surface area contributed by atoms with Crippen molar-refractivity contribution < 1.29 is 0 Å². The van der Waals surface area contributed by atoms with Crippen LogP contribution < -0.4 is 0 Å². The van der Waals surface area contributed by atoms with Gasteiger partial charge < -0.3 is 0 Å². The van der Waals surface area contributed by atoms with E-state index in [1.807, 2.05) is 0 Å². The van der Waals surface area contributed by atoms with Crippen molar-refractivity contribution in [2.24, 2.45) is 0 Å². The first-order chi connectivity index (χ1) is 22.3. The summed E-state index contributed by atoms with van der Waals surface area (Å²) in [6.45, 7) is 2.43. The van der Waals surface area contributed by atoms with Crippen LogP contribution in [0, 0.1) is 0 Å². The normalized spacial score (nSPS) is 16.0. The monoisotopic (exact) mass is 572 g/mol. The lowest BCUT2D eigenvalue weighted by molar-refractivity contribution is 0.675. The van der Waals surface area contributed by atoms with E-state index in [9.17, 15) is 0 Å². The molecule has 0 nitrogen and oxygen atoms in total. The number of fused-ring (bicyclic) bond motifs is 7. The average molecular weight is 573 g/mol. The molecule has 1 aliphatic carbocycles. The third-order valence-electron chi connectivity index (χ3n) is 10.1. The molecule has 0 heterocycles. The van der Waals surface area contributed by atoms with Crippen LogP contribution in [-0.2, 0) is 0 Å². The van der Waals surface area contributed by atoms with E-state index < -0.39 is 0 Å². The SMILES string of the molecule is CC1c2c(c(-c3cccc4ccccc34)cc3c2cc(-c2cccc4ccccc24)c2ccccc23)C=CC1c1ccccc1. The second-order valence-electron chi connectivity index (χ2n) is 12.5. The molecule has 1 aliphatic rings. The maximum atomic E-state index is 2.50. The van der Waals surface area contributed by atoms with Crippen LogP contribution in [0.1, 0.15) is 35.4 Å². The number of allylic oxidation sites excluding steroid dienone is 1. The molecule has 0 aromatic heterocycles. The van der Waals surface area contributed by atoms with Crippen molar-refractivity contribution in [3.05, 3.63) is 174 Å². The Morgan fingerprint density at radius 3 is 1.62 bits per heavy atom. The lowest BCUT2D eigenvalue weighted by Gasteiger charge is -2.31. The third-order valence-corrected chi connectivity index (χ3v) is 10.1. The van der Waals surface area contributed by atoms with Gasteiger partial charge >= 0.3 is 0 Å². The molecule has 212 valence electrons. The van der Waals surface area contributed by atoms with Gasteiger partial charge in [0.2, 0.25) is 0 Å². The van der Waals surface area contributed by atoms with Gasteiger partial charge in [-0.1, -0.05) is 159 Å². The Balaban J connectivity index is 1.42. The molecule has 2 unspecified atom stereocenters. The molecule has 0 saturated carbocycles. The van der Waals surface area contributed by atoms with Crippen LogP contribution in [0.3, 0.4) is 0 Å². The summed E-state index contributed by atoms with van der Waals surface area (Å²) < 4.78 is 0. The molecule has 0 N–H and O–H groups in total. The highest BCUT2D eigenvalue weighted by Gasteiger charge is 2.29. The zero-order chi connectivity index (χ0) is 29.9. The Morgan fingerprint density at radius 1 is 0.400 bits per heavy atom. The molecule has 0 amide bonds. The fourth-order valence-corrected chi connectivity index (χ4v) is 7.95. The molecule has 0 spiro atoms. The molecule has 0 heteroatoms. The molecular formula is C45H32. The summed E-state index contributed by atoms with van der Waals surface area (Å²) >= 11 is 0. The van der Waals surface area contributed by atoms with Crippen molar-refractivity contribution in [2.45, 2.75) is 18.8 Å². The van der Waals surface area contributed by atoms with Crippen molar-refractivity contribution >= 4 is 49.2 Å². The molecule has 8 aromatic rings. The summed E-state index contributed by atoms with van der Waals surface area (Å²) in [6.07, 6.45) is 4.85. The first-order valence-corrected chi connectivity index (χ1v) is 16.0. The van der Waals surface area contributed by atoms with Gasteiger partial charge in [0, 0.05) is 5.92 Å². The Labute approximate surface area is 263 Å². The molecule has 9 rings (SSSR count). The largest absolute Gasteiger partial charge is 0.0758 e. The second-order valence-corrected chi connectivity index (χ2v) is 12.5. The summed E-state index contributed by atoms with van der Waals surface area (Å²) in [6, 6.07) is 56.0. The van der Waals surface area contributed by atoms with Gasteiger partial charge in [-0.05, 0) is 100 Å². The third kappa shape index (κ3) is 4.06. The lowest BCUT2D eigenvalue weighted by Crippen LogP contribution is -2.13. The summed E-state index contributed by atoms with van der Waals surface area (Å²) in [5.74, 6) is 0.600. The van der Waals surface area contributed by atoms with E-state index in [0.717, 1.165) is 0 Å². The van der Waals surface area contributed by atoms with E-state index in [0.29, 0.717) is 11.8 Å². The smallest absolute Gasteiger partial charge is 0.00878 e.